The Kier molecular flexibility index (Phi) is 4.77. The summed E-state index contributed by atoms with van der Waals surface area (Å²) in [4.78, 5) is 26.7. The van der Waals surface area contributed by atoms with Gasteiger partial charge in [0.15, 0.2) is 0 Å². The van der Waals surface area contributed by atoms with Crippen LogP contribution in [0.1, 0.15) is 18.4 Å². The van der Waals surface area contributed by atoms with Crippen molar-refractivity contribution < 1.29 is 23.8 Å². The smallest absolute Gasteiger partial charge is 0.414 e. The number of amides is 2. The van der Waals surface area contributed by atoms with Crippen LogP contribution in [0.3, 0.4) is 0 Å². The van der Waals surface area contributed by atoms with Gasteiger partial charge in [0.1, 0.15) is 11.9 Å². The highest BCUT2D eigenvalue weighted by atomic mass is 19.1. The molecule has 0 spiro atoms. The molecule has 0 unspecified atom stereocenters. The zero-order chi connectivity index (χ0) is 19.1. The molecule has 27 heavy (non-hydrogen) atoms. The summed E-state index contributed by atoms with van der Waals surface area (Å²) in [6, 6.07) is 4.94. The molecule has 2 heterocycles. The van der Waals surface area contributed by atoms with Crippen molar-refractivity contribution in [2.75, 3.05) is 44.2 Å². The number of fused-ring (bicyclic) bond motifs is 1. The largest absolute Gasteiger partial charge is 0.442 e. The van der Waals surface area contributed by atoms with Crippen LogP contribution < -0.4 is 10.2 Å². The molecule has 1 aromatic rings. The SMILES string of the molecule is CC(=O)NC[C@H]1CN(c2ccc([C@H]3[C@@H]4CN(CCO)C[C@@H]43)c(F)c2)C(=O)O1. The molecule has 0 bridgehead atoms. The molecule has 0 radical (unpaired) electrons. The number of halogens is 1. The summed E-state index contributed by atoms with van der Waals surface area (Å²) < 4.78 is 20.0. The Morgan fingerprint density at radius 3 is 2.70 bits per heavy atom. The monoisotopic (exact) mass is 377 g/mol. The number of ether oxygens (including phenoxy) is 1. The molecule has 3 fully saturated rings. The first kappa shape index (κ1) is 18.2. The number of hydrogen-bond acceptors (Lipinski definition) is 5. The molecule has 2 amide bonds. The molecular formula is C19H24FN3O4. The Bertz CT molecular complexity index is 746. The number of likely N-dealkylation sites (tertiary alicyclic amines) is 1. The van der Waals surface area contributed by atoms with E-state index in [1.807, 2.05) is 0 Å². The number of rotatable bonds is 6. The number of anilines is 1. The molecule has 1 saturated carbocycles. The van der Waals surface area contributed by atoms with E-state index in [-0.39, 0.29) is 37.3 Å². The number of nitrogens with one attached hydrogen (secondary N) is 1. The Hall–Kier alpha value is -2.19. The molecule has 2 aliphatic heterocycles. The molecule has 2 N–H and O–H groups in total. The van der Waals surface area contributed by atoms with Crippen LogP contribution >= 0.6 is 0 Å². The van der Waals surface area contributed by atoms with Crippen molar-refractivity contribution in [2.24, 2.45) is 11.8 Å². The van der Waals surface area contributed by atoms with E-state index in [9.17, 15) is 14.0 Å². The number of carbonyl (C=O) groups excluding carboxylic acids is 2. The van der Waals surface area contributed by atoms with E-state index in [1.54, 1.807) is 12.1 Å². The predicted octanol–water partition coefficient (Wildman–Crippen LogP) is 0.924. The molecule has 146 valence electrons. The van der Waals surface area contributed by atoms with Gasteiger partial charge in [0.2, 0.25) is 5.91 Å². The third kappa shape index (κ3) is 3.51. The molecule has 0 aromatic heterocycles. The van der Waals surface area contributed by atoms with Crippen LogP contribution in [0.5, 0.6) is 0 Å². The summed E-state index contributed by atoms with van der Waals surface area (Å²) >= 11 is 0. The van der Waals surface area contributed by atoms with Crippen molar-refractivity contribution >= 4 is 17.7 Å². The van der Waals surface area contributed by atoms with Gasteiger partial charge in [-0.25, -0.2) is 9.18 Å². The maximum Gasteiger partial charge on any atom is 0.414 e. The Balaban J connectivity index is 1.40. The maximum absolute atomic E-state index is 14.7. The summed E-state index contributed by atoms with van der Waals surface area (Å²) in [5.41, 5.74) is 1.18. The van der Waals surface area contributed by atoms with Gasteiger partial charge in [-0.3, -0.25) is 9.69 Å². The summed E-state index contributed by atoms with van der Waals surface area (Å²) in [7, 11) is 0. The third-order valence-electron chi connectivity index (χ3n) is 5.79. The first-order chi connectivity index (χ1) is 13.0. The Morgan fingerprint density at radius 1 is 1.33 bits per heavy atom. The van der Waals surface area contributed by atoms with Crippen molar-refractivity contribution in [3.8, 4) is 0 Å². The van der Waals surface area contributed by atoms with E-state index >= 15 is 0 Å². The van der Waals surface area contributed by atoms with E-state index in [2.05, 4.69) is 10.2 Å². The van der Waals surface area contributed by atoms with E-state index in [0.29, 0.717) is 29.6 Å². The maximum atomic E-state index is 14.7. The molecule has 1 aromatic carbocycles. The number of hydrogen-bond donors (Lipinski definition) is 2. The average Bonchev–Trinajstić information content (AvgIpc) is 2.95. The van der Waals surface area contributed by atoms with Crippen LogP contribution in [0, 0.1) is 17.7 Å². The fourth-order valence-corrected chi connectivity index (χ4v) is 4.45. The van der Waals surface area contributed by atoms with E-state index in [1.165, 1.54) is 17.9 Å². The summed E-state index contributed by atoms with van der Waals surface area (Å²) in [6.07, 6.45) is -0.968. The zero-order valence-corrected chi connectivity index (χ0v) is 15.2. The normalized spacial score (nSPS) is 29.6. The summed E-state index contributed by atoms with van der Waals surface area (Å²) in [5.74, 6) is 0.657. The van der Waals surface area contributed by atoms with Crippen molar-refractivity contribution in [3.05, 3.63) is 29.6 Å². The second kappa shape index (κ2) is 7.09. The predicted molar refractivity (Wildman–Crippen MR) is 95.9 cm³/mol. The van der Waals surface area contributed by atoms with Gasteiger partial charge in [-0.15, -0.1) is 0 Å². The summed E-state index contributed by atoms with van der Waals surface area (Å²) in [5, 5.41) is 11.6. The molecule has 8 heteroatoms. The first-order valence-electron chi connectivity index (χ1n) is 9.33. The third-order valence-corrected chi connectivity index (χ3v) is 5.79. The van der Waals surface area contributed by atoms with Crippen LogP contribution in [0.4, 0.5) is 14.9 Å². The van der Waals surface area contributed by atoms with Gasteiger partial charge in [0.05, 0.1) is 25.4 Å². The number of aliphatic hydroxyl groups excluding tert-OH is 1. The van der Waals surface area contributed by atoms with Gasteiger partial charge < -0.3 is 20.1 Å². The van der Waals surface area contributed by atoms with Gasteiger partial charge in [-0.05, 0) is 35.4 Å². The van der Waals surface area contributed by atoms with E-state index in [0.717, 1.165) is 13.1 Å². The van der Waals surface area contributed by atoms with Crippen molar-refractivity contribution in [2.45, 2.75) is 18.9 Å². The molecule has 4 atom stereocenters. The minimum Gasteiger partial charge on any atom is -0.442 e. The molecule has 3 aliphatic rings. The highest BCUT2D eigenvalue weighted by Gasteiger charge is 2.56. The average molecular weight is 377 g/mol. The van der Waals surface area contributed by atoms with Crippen LogP contribution in [0.25, 0.3) is 0 Å². The quantitative estimate of drug-likeness (QED) is 0.771. The van der Waals surface area contributed by atoms with E-state index < -0.39 is 12.2 Å². The lowest BCUT2D eigenvalue weighted by molar-refractivity contribution is -0.119. The number of β-amino-alcohol motifs (C(OH)–C–C–N with tert-alkyl or cyclic N) is 1. The number of aliphatic hydroxyl groups is 1. The van der Waals surface area contributed by atoms with Crippen molar-refractivity contribution in [1.82, 2.24) is 10.2 Å². The second-order valence-corrected chi connectivity index (χ2v) is 7.60. The van der Waals surface area contributed by atoms with Gasteiger partial charge >= 0.3 is 6.09 Å². The lowest BCUT2D eigenvalue weighted by Crippen LogP contribution is -2.33. The van der Waals surface area contributed by atoms with E-state index in [4.69, 9.17) is 9.84 Å². The van der Waals surface area contributed by atoms with Gasteiger partial charge in [0, 0.05) is 26.6 Å². The highest BCUT2D eigenvalue weighted by molar-refractivity contribution is 5.89. The number of nitrogens with zero attached hydrogens (tertiary/aromatic N) is 2. The van der Waals surface area contributed by atoms with Crippen molar-refractivity contribution in [1.29, 1.82) is 0 Å². The fourth-order valence-electron chi connectivity index (χ4n) is 4.45. The topological polar surface area (TPSA) is 82.1 Å². The number of carbonyl (C=O) groups is 2. The zero-order valence-electron chi connectivity index (χ0n) is 15.2. The fraction of sp³-hybridized carbons (Fsp3) is 0.579. The molecular weight excluding hydrogens is 353 g/mol. The van der Waals surface area contributed by atoms with Crippen LogP contribution in [0.15, 0.2) is 18.2 Å². The second-order valence-electron chi connectivity index (χ2n) is 7.60. The molecule has 2 saturated heterocycles. The highest BCUT2D eigenvalue weighted by Crippen LogP contribution is 2.58. The first-order valence-corrected chi connectivity index (χ1v) is 9.33. The molecule has 1 aliphatic carbocycles. The Labute approximate surface area is 157 Å². The minimum absolute atomic E-state index is 0.155. The van der Waals surface area contributed by atoms with Crippen LogP contribution in [0.2, 0.25) is 0 Å². The number of piperidine rings is 1. The lowest BCUT2D eigenvalue weighted by Gasteiger charge is -2.19. The van der Waals surface area contributed by atoms with Gasteiger partial charge in [-0.2, -0.15) is 0 Å². The van der Waals surface area contributed by atoms with Crippen LogP contribution in [-0.4, -0.2) is 67.4 Å². The number of benzene rings is 1. The van der Waals surface area contributed by atoms with Gasteiger partial charge in [0.25, 0.3) is 0 Å². The lowest BCUT2D eigenvalue weighted by atomic mass is 10.1. The molecule has 7 nitrogen and oxygen atoms in total. The standard InChI is InChI=1S/C19H24FN3O4/c1-11(25)21-7-13-8-23(19(26)27-13)12-2-3-14(17(20)6-12)18-15-9-22(4-5-24)10-16(15)18/h2-3,6,13,15-16,18,24H,4-5,7-10H2,1H3,(H,21,25)/t13-,15-,16+,18+/m0/s1. The van der Waals surface area contributed by atoms with Gasteiger partial charge in [-0.1, -0.05) is 6.07 Å². The van der Waals surface area contributed by atoms with Crippen molar-refractivity contribution in [3.63, 3.8) is 0 Å². The Morgan fingerprint density at radius 2 is 2.07 bits per heavy atom. The minimum atomic E-state index is -0.527. The molecule has 4 rings (SSSR count). The van der Waals surface area contributed by atoms with Crippen LogP contribution in [-0.2, 0) is 9.53 Å². The number of cyclic esters (lactones) is 1. The summed E-state index contributed by atoms with van der Waals surface area (Å²) in [6.45, 7) is 4.57.